The maximum Gasteiger partial charge on any atom is 0.256 e. The van der Waals surface area contributed by atoms with Crippen molar-refractivity contribution in [2.75, 3.05) is 13.1 Å². The van der Waals surface area contributed by atoms with Gasteiger partial charge < -0.3 is 4.98 Å². The molecule has 0 fully saturated rings. The summed E-state index contributed by atoms with van der Waals surface area (Å²) in [5.74, 6) is 0. The van der Waals surface area contributed by atoms with Crippen LogP contribution in [-0.4, -0.2) is 23.0 Å². The van der Waals surface area contributed by atoms with E-state index in [0.29, 0.717) is 0 Å². The van der Waals surface area contributed by atoms with Crippen LogP contribution in [-0.2, 0) is 13.0 Å². The minimum atomic E-state index is 0.0275. The Labute approximate surface area is 120 Å². The smallest absolute Gasteiger partial charge is 0.256 e. The second-order valence-electron chi connectivity index (χ2n) is 5.18. The van der Waals surface area contributed by atoms with Gasteiger partial charge in [0.05, 0.1) is 0 Å². The molecule has 1 aromatic heterocycles. The maximum absolute atomic E-state index is 12.1. The van der Waals surface area contributed by atoms with Gasteiger partial charge in [0.15, 0.2) is 0 Å². The molecule has 0 aliphatic heterocycles. The highest BCUT2D eigenvalue weighted by Crippen LogP contribution is 2.20. The second-order valence-corrected chi connectivity index (χ2v) is 5.18. The average molecular weight is 272 g/mol. The molecule has 0 radical (unpaired) electrons. The number of nitrogens with zero attached hydrogens (tertiary/aromatic N) is 1. The molecular formula is C17H24N2O. The first-order valence-corrected chi connectivity index (χ1v) is 7.56. The molecule has 1 N–H and O–H groups in total. The topological polar surface area (TPSA) is 36.1 Å². The van der Waals surface area contributed by atoms with E-state index in [1.54, 1.807) is 0 Å². The number of hydrogen-bond acceptors (Lipinski definition) is 2. The number of aromatic amines is 1. The summed E-state index contributed by atoms with van der Waals surface area (Å²) in [4.78, 5) is 17.6. The lowest BCUT2D eigenvalue weighted by Crippen LogP contribution is -2.25. The Kier molecular flexibility index (Phi) is 4.96. The molecular weight excluding hydrogens is 248 g/mol. The zero-order valence-corrected chi connectivity index (χ0v) is 12.7. The highest BCUT2D eigenvalue weighted by molar-refractivity contribution is 5.85. The highest BCUT2D eigenvalue weighted by Gasteiger charge is 2.12. The van der Waals surface area contributed by atoms with Gasteiger partial charge in [-0.2, -0.15) is 0 Å². The maximum atomic E-state index is 12.1. The van der Waals surface area contributed by atoms with Crippen molar-refractivity contribution in [3.8, 4) is 0 Å². The van der Waals surface area contributed by atoms with E-state index >= 15 is 0 Å². The van der Waals surface area contributed by atoms with Gasteiger partial charge in [-0.05, 0) is 42.9 Å². The van der Waals surface area contributed by atoms with Crippen molar-refractivity contribution in [3.05, 3.63) is 45.9 Å². The number of nitrogens with one attached hydrogen (secondary N) is 1. The van der Waals surface area contributed by atoms with Gasteiger partial charge in [0.25, 0.3) is 5.56 Å². The first-order chi connectivity index (χ1) is 9.71. The largest absolute Gasteiger partial charge is 0.325 e. The number of aromatic nitrogens is 1. The van der Waals surface area contributed by atoms with Gasteiger partial charge in [-0.15, -0.1) is 0 Å². The number of fused-ring (bicyclic) bond motifs is 1. The molecule has 20 heavy (non-hydrogen) atoms. The fourth-order valence-corrected chi connectivity index (χ4v) is 2.76. The predicted octanol–water partition coefficient (Wildman–Crippen LogP) is 3.32. The SMILES string of the molecule is CCCN(CC)Cc1c(CC)[nH]c(=O)c2ccccc12. The van der Waals surface area contributed by atoms with Crippen molar-refractivity contribution in [1.82, 2.24) is 9.88 Å². The van der Waals surface area contributed by atoms with Crippen LogP contribution in [0.25, 0.3) is 10.8 Å². The van der Waals surface area contributed by atoms with E-state index in [1.165, 1.54) is 5.56 Å². The van der Waals surface area contributed by atoms with E-state index < -0.39 is 0 Å². The molecule has 0 aliphatic carbocycles. The van der Waals surface area contributed by atoms with Crippen LogP contribution < -0.4 is 5.56 Å². The normalized spacial score (nSPS) is 11.4. The van der Waals surface area contributed by atoms with Gasteiger partial charge in [0, 0.05) is 17.6 Å². The van der Waals surface area contributed by atoms with Gasteiger partial charge in [-0.3, -0.25) is 9.69 Å². The molecule has 0 atom stereocenters. The van der Waals surface area contributed by atoms with E-state index in [4.69, 9.17) is 0 Å². The summed E-state index contributed by atoms with van der Waals surface area (Å²) in [6.07, 6.45) is 2.01. The lowest BCUT2D eigenvalue weighted by atomic mass is 10.0. The van der Waals surface area contributed by atoms with Crippen molar-refractivity contribution >= 4 is 10.8 Å². The lowest BCUT2D eigenvalue weighted by Gasteiger charge is -2.22. The van der Waals surface area contributed by atoms with Crippen LogP contribution in [0.2, 0.25) is 0 Å². The molecule has 1 heterocycles. The van der Waals surface area contributed by atoms with Crippen LogP contribution >= 0.6 is 0 Å². The number of benzene rings is 1. The van der Waals surface area contributed by atoms with Crippen LogP contribution in [0, 0.1) is 0 Å². The third kappa shape index (κ3) is 2.93. The zero-order chi connectivity index (χ0) is 14.5. The second kappa shape index (κ2) is 6.71. The summed E-state index contributed by atoms with van der Waals surface area (Å²) in [6, 6.07) is 7.92. The predicted molar refractivity (Wildman–Crippen MR) is 85.2 cm³/mol. The van der Waals surface area contributed by atoms with Crippen molar-refractivity contribution in [1.29, 1.82) is 0 Å². The average Bonchev–Trinajstić information content (AvgIpc) is 2.49. The van der Waals surface area contributed by atoms with Crippen molar-refractivity contribution in [2.45, 2.75) is 40.2 Å². The minimum absolute atomic E-state index is 0.0275. The number of H-pyrrole nitrogens is 1. The van der Waals surface area contributed by atoms with Gasteiger partial charge in [-0.25, -0.2) is 0 Å². The van der Waals surface area contributed by atoms with Crippen LogP contribution in [0.3, 0.4) is 0 Å². The van der Waals surface area contributed by atoms with E-state index in [0.717, 1.165) is 48.9 Å². The molecule has 3 heteroatoms. The van der Waals surface area contributed by atoms with Crippen molar-refractivity contribution in [3.63, 3.8) is 0 Å². The summed E-state index contributed by atoms with van der Waals surface area (Å²) in [5.41, 5.74) is 2.38. The molecule has 0 bridgehead atoms. The highest BCUT2D eigenvalue weighted by atomic mass is 16.1. The summed E-state index contributed by atoms with van der Waals surface area (Å²) in [7, 11) is 0. The van der Waals surface area contributed by atoms with E-state index in [-0.39, 0.29) is 5.56 Å². The summed E-state index contributed by atoms with van der Waals surface area (Å²) in [5, 5.41) is 1.90. The van der Waals surface area contributed by atoms with Crippen LogP contribution in [0.15, 0.2) is 29.1 Å². The van der Waals surface area contributed by atoms with Crippen LogP contribution in [0.5, 0.6) is 0 Å². The minimum Gasteiger partial charge on any atom is -0.325 e. The first-order valence-electron chi connectivity index (χ1n) is 7.56. The van der Waals surface area contributed by atoms with Gasteiger partial charge in [-0.1, -0.05) is 39.0 Å². The standard InChI is InChI=1S/C17H24N2O/c1-4-11-19(6-3)12-15-13-9-7-8-10-14(13)17(20)18-16(15)5-2/h7-10H,4-6,11-12H2,1-3H3,(H,18,20). The Morgan fingerprint density at radius 1 is 1.10 bits per heavy atom. The third-order valence-corrected chi connectivity index (χ3v) is 3.85. The summed E-state index contributed by atoms with van der Waals surface area (Å²) in [6.45, 7) is 9.52. The number of rotatable bonds is 6. The molecule has 0 spiro atoms. The number of pyridine rings is 1. The fraction of sp³-hybridized carbons (Fsp3) is 0.471. The molecule has 1 aromatic carbocycles. The summed E-state index contributed by atoms with van der Waals surface area (Å²) < 4.78 is 0. The molecule has 0 unspecified atom stereocenters. The quantitative estimate of drug-likeness (QED) is 0.875. The monoisotopic (exact) mass is 272 g/mol. The Balaban J connectivity index is 2.54. The molecule has 2 aromatic rings. The van der Waals surface area contributed by atoms with Crippen LogP contribution in [0.1, 0.15) is 38.4 Å². The Hall–Kier alpha value is -1.61. The van der Waals surface area contributed by atoms with E-state index in [1.807, 2.05) is 18.2 Å². The fourth-order valence-electron chi connectivity index (χ4n) is 2.76. The first kappa shape index (κ1) is 14.8. The Morgan fingerprint density at radius 3 is 2.40 bits per heavy atom. The van der Waals surface area contributed by atoms with Crippen molar-refractivity contribution in [2.24, 2.45) is 0 Å². The lowest BCUT2D eigenvalue weighted by molar-refractivity contribution is 0.280. The molecule has 0 amide bonds. The van der Waals surface area contributed by atoms with Gasteiger partial charge in [0.1, 0.15) is 0 Å². The van der Waals surface area contributed by atoms with E-state index in [9.17, 15) is 4.79 Å². The van der Waals surface area contributed by atoms with E-state index in [2.05, 4.69) is 36.7 Å². The molecule has 108 valence electrons. The molecule has 0 aliphatic rings. The number of hydrogen-bond donors (Lipinski definition) is 1. The Morgan fingerprint density at radius 2 is 1.80 bits per heavy atom. The zero-order valence-electron chi connectivity index (χ0n) is 12.7. The number of aryl methyl sites for hydroxylation is 1. The van der Waals surface area contributed by atoms with Gasteiger partial charge >= 0.3 is 0 Å². The molecule has 3 nitrogen and oxygen atoms in total. The van der Waals surface area contributed by atoms with Crippen molar-refractivity contribution < 1.29 is 0 Å². The van der Waals surface area contributed by atoms with Crippen LogP contribution in [0.4, 0.5) is 0 Å². The summed E-state index contributed by atoms with van der Waals surface area (Å²) >= 11 is 0. The van der Waals surface area contributed by atoms with Gasteiger partial charge in [0.2, 0.25) is 0 Å². The molecule has 2 rings (SSSR count). The third-order valence-electron chi connectivity index (χ3n) is 3.85. The molecule has 0 saturated heterocycles. The Bertz CT molecular complexity index is 630. The molecule has 0 saturated carbocycles.